The van der Waals surface area contributed by atoms with Crippen molar-refractivity contribution in [3.05, 3.63) is 142 Å². The van der Waals surface area contributed by atoms with Crippen LogP contribution < -0.4 is 15.6 Å². The Morgan fingerprint density at radius 3 is 1.94 bits per heavy atom. The van der Waals surface area contributed by atoms with Gasteiger partial charge in [0.15, 0.2) is 0 Å². The molecule has 0 unspecified atom stereocenters. The molecule has 35 heavy (non-hydrogen) atoms. The first-order valence-corrected chi connectivity index (χ1v) is 16.0. The van der Waals surface area contributed by atoms with E-state index in [1.165, 1.54) is 55.0 Å². The Balaban J connectivity index is 1.87. The maximum Gasteiger partial charge on any atom is 0.0792 e. The van der Waals surface area contributed by atoms with Crippen LogP contribution in [0.4, 0.5) is 0 Å². The molecule has 0 aliphatic heterocycles. The summed E-state index contributed by atoms with van der Waals surface area (Å²) in [6, 6.07) is 33.3. The molecule has 2 aliphatic carbocycles. The Morgan fingerprint density at radius 1 is 0.714 bits per heavy atom. The van der Waals surface area contributed by atoms with Gasteiger partial charge in [-0.05, 0) is 78.7 Å². The number of allylic oxidation sites excluding steroid dienone is 4. The summed E-state index contributed by atoms with van der Waals surface area (Å²) in [6.45, 7) is 7.50. The molecule has 2 aliphatic rings. The number of rotatable bonds is 4. The van der Waals surface area contributed by atoms with Crippen LogP contribution in [0.2, 0.25) is 19.6 Å². The van der Waals surface area contributed by atoms with Gasteiger partial charge in [0.25, 0.3) is 0 Å². The lowest BCUT2D eigenvalue weighted by Crippen LogP contribution is -2.52. The van der Waals surface area contributed by atoms with Crippen LogP contribution in [-0.2, 0) is 0 Å². The van der Waals surface area contributed by atoms with Gasteiger partial charge < -0.3 is 0 Å². The summed E-state index contributed by atoms with van der Waals surface area (Å²) in [7, 11) is -1.77. The van der Waals surface area contributed by atoms with Crippen molar-refractivity contribution in [1.82, 2.24) is 0 Å². The standard InChI is InChI=1S/C34H30Si/c1-35(2,3)34-31(32(24-14-6-4-7-15-24)25-16-8-5-9-17-25)23-29-28-21-13-12-20-27(28)22-30(29)33(34)26-18-10-11-19-26/h4-18,20-23H,19H2,1-3H3. The average molecular weight is 467 g/mol. The van der Waals surface area contributed by atoms with E-state index in [0.29, 0.717) is 0 Å². The fourth-order valence-electron chi connectivity index (χ4n) is 5.72. The maximum atomic E-state index is 2.51. The molecule has 1 heteroatoms. The molecule has 0 amide bonds. The first kappa shape index (κ1) is 21.8. The summed E-state index contributed by atoms with van der Waals surface area (Å²) in [6.07, 6.45) is 10.3. The van der Waals surface area contributed by atoms with Crippen LogP contribution in [0.15, 0.2) is 109 Å². The molecule has 0 N–H and O–H groups in total. The average Bonchev–Trinajstić information content (AvgIpc) is 3.52. The van der Waals surface area contributed by atoms with Gasteiger partial charge in [0.05, 0.1) is 8.07 Å². The predicted octanol–water partition coefficient (Wildman–Crippen LogP) is 6.63. The Bertz CT molecular complexity index is 1570. The monoisotopic (exact) mass is 466 g/mol. The van der Waals surface area contributed by atoms with Crippen LogP contribution in [0.1, 0.15) is 28.7 Å². The second kappa shape index (κ2) is 8.52. The molecule has 0 atom stereocenters. The van der Waals surface area contributed by atoms with Crippen molar-refractivity contribution in [2.75, 3.05) is 0 Å². The largest absolute Gasteiger partial charge is 0.0801 e. The topological polar surface area (TPSA) is 0 Å². The molecule has 0 nitrogen and oxygen atoms in total. The Kier molecular flexibility index (Phi) is 5.31. The van der Waals surface area contributed by atoms with E-state index < -0.39 is 8.07 Å². The molecular weight excluding hydrogens is 436 g/mol. The number of hydrogen-bond donors (Lipinski definition) is 0. The SMILES string of the molecule is C[Si](C)(C)c1c(C2=CC=CC2)c2c(cc1=C(c1ccccc1)c1ccccc1)-c1ccccc1C=2. The second-order valence-electron chi connectivity index (χ2n) is 10.5. The first-order chi connectivity index (χ1) is 17.0. The Hall–Kier alpha value is -3.68. The van der Waals surface area contributed by atoms with Crippen molar-refractivity contribution in [3.63, 3.8) is 0 Å². The van der Waals surface area contributed by atoms with Crippen LogP contribution in [-0.4, -0.2) is 8.07 Å². The zero-order valence-electron chi connectivity index (χ0n) is 20.7. The molecular formula is C34H30Si. The van der Waals surface area contributed by atoms with Crippen LogP contribution >= 0.6 is 0 Å². The van der Waals surface area contributed by atoms with Crippen LogP contribution in [0.5, 0.6) is 0 Å². The number of hydrogen-bond acceptors (Lipinski definition) is 0. The predicted molar refractivity (Wildman–Crippen MR) is 154 cm³/mol. The summed E-state index contributed by atoms with van der Waals surface area (Å²) in [5, 5.41) is 4.37. The normalized spacial score (nSPS) is 13.7. The minimum absolute atomic E-state index is 1.00. The van der Waals surface area contributed by atoms with Gasteiger partial charge in [0, 0.05) is 0 Å². The number of benzene rings is 4. The highest BCUT2D eigenvalue weighted by atomic mass is 28.3. The minimum atomic E-state index is -1.77. The molecule has 6 rings (SSSR count). The molecule has 0 bridgehead atoms. The van der Waals surface area contributed by atoms with Crippen molar-refractivity contribution in [3.8, 4) is 11.1 Å². The zero-order chi connectivity index (χ0) is 24.0. The van der Waals surface area contributed by atoms with E-state index in [2.05, 4.69) is 135 Å². The first-order valence-electron chi connectivity index (χ1n) is 12.5. The van der Waals surface area contributed by atoms with Gasteiger partial charge in [-0.3, -0.25) is 0 Å². The lowest BCUT2D eigenvalue weighted by Gasteiger charge is -2.26. The van der Waals surface area contributed by atoms with E-state index in [1.54, 1.807) is 5.19 Å². The molecule has 170 valence electrons. The molecule has 0 saturated heterocycles. The van der Waals surface area contributed by atoms with E-state index in [1.807, 2.05) is 0 Å². The summed E-state index contributed by atoms with van der Waals surface area (Å²) in [5.74, 6) is 0. The molecule has 4 aromatic carbocycles. The van der Waals surface area contributed by atoms with E-state index in [-0.39, 0.29) is 0 Å². The lowest BCUT2D eigenvalue weighted by molar-refractivity contribution is 1.40. The molecule has 0 aromatic heterocycles. The van der Waals surface area contributed by atoms with Gasteiger partial charge in [-0.2, -0.15) is 0 Å². The quantitative estimate of drug-likeness (QED) is 0.261. The minimum Gasteiger partial charge on any atom is -0.0801 e. The molecule has 0 radical (unpaired) electrons. The number of fused-ring (bicyclic) bond motifs is 3. The fourth-order valence-corrected chi connectivity index (χ4v) is 7.77. The Labute approximate surface area is 209 Å². The van der Waals surface area contributed by atoms with E-state index in [4.69, 9.17) is 0 Å². The molecule has 0 saturated carbocycles. The van der Waals surface area contributed by atoms with Gasteiger partial charge >= 0.3 is 0 Å². The van der Waals surface area contributed by atoms with Crippen LogP contribution in [0.25, 0.3) is 28.3 Å². The van der Waals surface area contributed by atoms with Crippen molar-refractivity contribution in [1.29, 1.82) is 0 Å². The third-order valence-electron chi connectivity index (χ3n) is 7.15. The fraction of sp³-hybridized carbons (Fsp3) is 0.118. The van der Waals surface area contributed by atoms with Crippen molar-refractivity contribution in [2.45, 2.75) is 26.1 Å². The highest BCUT2D eigenvalue weighted by molar-refractivity contribution is 6.89. The third kappa shape index (κ3) is 3.77. The summed E-state index contributed by atoms with van der Waals surface area (Å²) < 4.78 is 0. The lowest BCUT2D eigenvalue weighted by atomic mass is 9.91. The second-order valence-corrected chi connectivity index (χ2v) is 15.5. The Morgan fingerprint density at radius 2 is 1.34 bits per heavy atom. The van der Waals surface area contributed by atoms with Crippen molar-refractivity contribution >= 4 is 30.5 Å². The van der Waals surface area contributed by atoms with Crippen molar-refractivity contribution in [2.24, 2.45) is 0 Å². The van der Waals surface area contributed by atoms with E-state index >= 15 is 0 Å². The van der Waals surface area contributed by atoms with E-state index in [9.17, 15) is 0 Å². The highest BCUT2D eigenvalue weighted by Gasteiger charge is 2.29. The smallest absolute Gasteiger partial charge is 0.0792 e. The summed E-state index contributed by atoms with van der Waals surface area (Å²) in [5.41, 5.74) is 10.9. The molecule has 0 spiro atoms. The highest BCUT2D eigenvalue weighted by Crippen LogP contribution is 2.31. The zero-order valence-corrected chi connectivity index (χ0v) is 21.7. The van der Waals surface area contributed by atoms with Crippen LogP contribution in [0, 0.1) is 0 Å². The summed E-state index contributed by atoms with van der Waals surface area (Å²) in [4.78, 5) is 0. The molecule has 0 fully saturated rings. The maximum absolute atomic E-state index is 2.51. The van der Waals surface area contributed by atoms with Gasteiger partial charge in [0.2, 0.25) is 0 Å². The third-order valence-corrected chi connectivity index (χ3v) is 9.17. The van der Waals surface area contributed by atoms with Gasteiger partial charge in [-0.25, -0.2) is 0 Å². The van der Waals surface area contributed by atoms with Gasteiger partial charge in [-0.15, -0.1) is 0 Å². The van der Waals surface area contributed by atoms with Gasteiger partial charge in [0.1, 0.15) is 0 Å². The van der Waals surface area contributed by atoms with Crippen molar-refractivity contribution < 1.29 is 0 Å². The molecule has 4 aromatic rings. The van der Waals surface area contributed by atoms with E-state index in [0.717, 1.165) is 6.42 Å². The van der Waals surface area contributed by atoms with Gasteiger partial charge in [-0.1, -0.05) is 123 Å². The summed E-state index contributed by atoms with van der Waals surface area (Å²) >= 11 is 0. The van der Waals surface area contributed by atoms with Crippen LogP contribution in [0.3, 0.4) is 0 Å². The molecule has 0 heterocycles.